The van der Waals surface area contributed by atoms with Gasteiger partial charge in [-0.3, -0.25) is 9.59 Å². The Balaban J connectivity index is 1.55. The van der Waals surface area contributed by atoms with E-state index in [4.69, 9.17) is 0 Å². The molecule has 1 amide bonds. The van der Waals surface area contributed by atoms with Gasteiger partial charge in [-0.05, 0) is 55.7 Å². The zero-order valence-corrected chi connectivity index (χ0v) is 13.9. The van der Waals surface area contributed by atoms with Crippen LogP contribution in [0.3, 0.4) is 0 Å². The number of carbonyl (C=O) groups is 2. The first-order chi connectivity index (χ1) is 11.5. The van der Waals surface area contributed by atoms with E-state index >= 15 is 0 Å². The maximum absolute atomic E-state index is 13.8. The summed E-state index contributed by atoms with van der Waals surface area (Å²) < 4.78 is 27.0. The van der Waals surface area contributed by atoms with Crippen LogP contribution in [0.5, 0.6) is 0 Å². The van der Waals surface area contributed by atoms with Crippen LogP contribution in [0.1, 0.15) is 49.4 Å². The number of amides is 1. The van der Waals surface area contributed by atoms with Crippen molar-refractivity contribution in [1.82, 2.24) is 4.90 Å². The van der Waals surface area contributed by atoms with Crippen molar-refractivity contribution in [3.63, 3.8) is 0 Å². The van der Waals surface area contributed by atoms with Gasteiger partial charge in [-0.25, -0.2) is 8.78 Å². The predicted octanol–water partition coefficient (Wildman–Crippen LogP) is 3.82. The Morgan fingerprint density at radius 3 is 2.46 bits per heavy atom. The van der Waals surface area contributed by atoms with E-state index in [-0.39, 0.29) is 23.2 Å². The Kier molecular flexibility index (Phi) is 4.97. The van der Waals surface area contributed by atoms with Gasteiger partial charge < -0.3 is 4.90 Å². The van der Waals surface area contributed by atoms with Crippen molar-refractivity contribution in [3.05, 3.63) is 35.4 Å². The van der Waals surface area contributed by atoms with Gasteiger partial charge in [-0.2, -0.15) is 0 Å². The van der Waals surface area contributed by atoms with E-state index in [1.165, 1.54) is 12.8 Å². The molecular formula is C19H23F2NO2. The SMILES string of the molecule is CC(CC(=O)N1CCC(C(=O)c2cc(F)ccc2F)CC1)C1CC1. The van der Waals surface area contributed by atoms with Gasteiger partial charge in [0.05, 0.1) is 5.56 Å². The molecule has 1 aliphatic heterocycles. The molecule has 1 heterocycles. The average molecular weight is 335 g/mol. The molecule has 3 nitrogen and oxygen atoms in total. The number of hydrogen-bond donors (Lipinski definition) is 0. The van der Waals surface area contributed by atoms with Crippen LogP contribution in [0.15, 0.2) is 18.2 Å². The number of carbonyl (C=O) groups excluding carboxylic acids is 2. The van der Waals surface area contributed by atoms with Crippen LogP contribution < -0.4 is 0 Å². The normalized spacial score (nSPS) is 20.0. The Hall–Kier alpha value is -1.78. The van der Waals surface area contributed by atoms with Crippen molar-refractivity contribution < 1.29 is 18.4 Å². The summed E-state index contributed by atoms with van der Waals surface area (Å²) in [6.07, 6.45) is 4.05. The molecule has 0 spiro atoms. The Morgan fingerprint density at radius 1 is 1.17 bits per heavy atom. The number of likely N-dealkylation sites (tertiary alicyclic amines) is 1. The number of benzene rings is 1. The van der Waals surface area contributed by atoms with Crippen LogP contribution in [0, 0.1) is 29.4 Å². The van der Waals surface area contributed by atoms with E-state index in [1.807, 2.05) is 4.90 Å². The molecule has 0 bridgehead atoms. The number of piperidine rings is 1. The lowest BCUT2D eigenvalue weighted by Crippen LogP contribution is -2.41. The summed E-state index contributed by atoms with van der Waals surface area (Å²) in [4.78, 5) is 26.5. The second-order valence-corrected chi connectivity index (χ2v) is 7.16. The van der Waals surface area contributed by atoms with Crippen molar-refractivity contribution in [1.29, 1.82) is 0 Å². The van der Waals surface area contributed by atoms with Crippen molar-refractivity contribution in [3.8, 4) is 0 Å². The lowest BCUT2D eigenvalue weighted by Gasteiger charge is -2.32. The molecule has 1 atom stereocenters. The third-order valence-electron chi connectivity index (χ3n) is 5.34. The largest absolute Gasteiger partial charge is 0.343 e. The highest BCUT2D eigenvalue weighted by atomic mass is 19.1. The Bertz CT molecular complexity index is 634. The smallest absolute Gasteiger partial charge is 0.222 e. The number of ketones is 1. The topological polar surface area (TPSA) is 37.4 Å². The quantitative estimate of drug-likeness (QED) is 0.767. The molecule has 1 unspecified atom stereocenters. The standard InChI is InChI=1S/C19H23F2NO2/c1-12(13-2-3-13)10-18(23)22-8-6-14(7-9-22)19(24)16-11-15(20)4-5-17(16)21/h4-5,11-14H,2-3,6-10H2,1H3. The molecule has 2 fully saturated rings. The van der Waals surface area contributed by atoms with Gasteiger partial charge in [0.15, 0.2) is 5.78 Å². The molecule has 1 aromatic rings. The molecule has 3 rings (SSSR count). The molecule has 2 aliphatic rings. The number of hydrogen-bond acceptors (Lipinski definition) is 2. The fourth-order valence-corrected chi connectivity index (χ4v) is 3.53. The minimum Gasteiger partial charge on any atom is -0.343 e. The van der Waals surface area contributed by atoms with Crippen LogP contribution in [-0.2, 0) is 4.79 Å². The lowest BCUT2D eigenvalue weighted by molar-refractivity contribution is -0.133. The summed E-state index contributed by atoms with van der Waals surface area (Å²) in [6.45, 7) is 3.16. The van der Waals surface area contributed by atoms with Gasteiger partial charge in [0.25, 0.3) is 0 Å². The molecule has 1 aliphatic carbocycles. The van der Waals surface area contributed by atoms with Crippen LogP contribution in [0.2, 0.25) is 0 Å². The number of Topliss-reactive ketones (excluding diaryl/α,β-unsaturated/α-hetero) is 1. The van der Waals surface area contributed by atoms with E-state index < -0.39 is 11.6 Å². The van der Waals surface area contributed by atoms with Gasteiger partial charge in [0.1, 0.15) is 11.6 Å². The highest BCUT2D eigenvalue weighted by Crippen LogP contribution is 2.38. The summed E-state index contributed by atoms with van der Waals surface area (Å²) in [7, 11) is 0. The van der Waals surface area contributed by atoms with Crippen molar-refractivity contribution in [2.45, 2.75) is 39.0 Å². The fraction of sp³-hybridized carbons (Fsp3) is 0.579. The van der Waals surface area contributed by atoms with Gasteiger partial charge in [-0.1, -0.05) is 6.92 Å². The summed E-state index contributed by atoms with van der Waals surface area (Å²) in [6, 6.07) is 2.96. The molecule has 0 N–H and O–H groups in total. The first kappa shape index (κ1) is 17.1. The molecule has 1 saturated heterocycles. The molecule has 0 aromatic heterocycles. The van der Waals surface area contributed by atoms with Gasteiger partial charge in [0, 0.05) is 25.4 Å². The third kappa shape index (κ3) is 3.82. The molecule has 1 saturated carbocycles. The summed E-state index contributed by atoms with van der Waals surface area (Å²) in [5.74, 6) is -0.712. The highest BCUT2D eigenvalue weighted by molar-refractivity contribution is 5.98. The van der Waals surface area contributed by atoms with Crippen molar-refractivity contribution >= 4 is 11.7 Å². The number of rotatable bonds is 5. The van der Waals surface area contributed by atoms with Crippen LogP contribution in [0.25, 0.3) is 0 Å². The maximum Gasteiger partial charge on any atom is 0.222 e. The van der Waals surface area contributed by atoms with Gasteiger partial charge in [-0.15, -0.1) is 0 Å². The van der Waals surface area contributed by atoms with Crippen LogP contribution >= 0.6 is 0 Å². The van der Waals surface area contributed by atoms with E-state index in [9.17, 15) is 18.4 Å². The van der Waals surface area contributed by atoms with Crippen molar-refractivity contribution in [2.24, 2.45) is 17.8 Å². The van der Waals surface area contributed by atoms with E-state index in [1.54, 1.807) is 0 Å². The summed E-state index contributed by atoms with van der Waals surface area (Å²) in [5, 5.41) is 0. The summed E-state index contributed by atoms with van der Waals surface area (Å²) in [5.41, 5.74) is -0.179. The molecule has 0 radical (unpaired) electrons. The number of nitrogens with zero attached hydrogens (tertiary/aromatic N) is 1. The lowest BCUT2D eigenvalue weighted by atomic mass is 9.88. The highest BCUT2D eigenvalue weighted by Gasteiger charge is 2.33. The second-order valence-electron chi connectivity index (χ2n) is 7.16. The number of halogens is 2. The average Bonchev–Trinajstić information content (AvgIpc) is 3.41. The maximum atomic E-state index is 13.8. The van der Waals surface area contributed by atoms with Crippen LogP contribution in [0.4, 0.5) is 8.78 Å². The molecule has 130 valence electrons. The Morgan fingerprint density at radius 2 is 1.83 bits per heavy atom. The van der Waals surface area contributed by atoms with Crippen LogP contribution in [-0.4, -0.2) is 29.7 Å². The third-order valence-corrected chi connectivity index (χ3v) is 5.34. The second kappa shape index (κ2) is 6.99. The zero-order chi connectivity index (χ0) is 17.3. The van der Waals surface area contributed by atoms with Crippen molar-refractivity contribution in [2.75, 3.05) is 13.1 Å². The first-order valence-corrected chi connectivity index (χ1v) is 8.72. The summed E-state index contributed by atoms with van der Waals surface area (Å²) >= 11 is 0. The van der Waals surface area contributed by atoms with Gasteiger partial charge in [0.2, 0.25) is 5.91 Å². The monoisotopic (exact) mass is 335 g/mol. The minimum absolute atomic E-state index is 0.150. The molecule has 1 aromatic carbocycles. The first-order valence-electron chi connectivity index (χ1n) is 8.72. The molecule has 24 heavy (non-hydrogen) atoms. The van der Waals surface area contributed by atoms with E-state index in [0.717, 1.165) is 18.2 Å². The van der Waals surface area contributed by atoms with Gasteiger partial charge >= 0.3 is 0 Å². The molecular weight excluding hydrogens is 312 g/mol. The minimum atomic E-state index is -0.682. The van der Waals surface area contributed by atoms with E-state index in [2.05, 4.69) is 6.92 Å². The van der Waals surface area contributed by atoms with E-state index in [0.29, 0.717) is 44.2 Å². The fourth-order valence-electron chi connectivity index (χ4n) is 3.53. The predicted molar refractivity (Wildman–Crippen MR) is 86.5 cm³/mol. The molecule has 5 heteroatoms. The zero-order valence-electron chi connectivity index (χ0n) is 13.9. The Labute approximate surface area is 141 Å².